The Morgan fingerprint density at radius 3 is 2.11 bits per heavy atom. The summed E-state index contributed by atoms with van der Waals surface area (Å²) in [6.45, 7) is 4.21. The standard InChI is InChI=1S/C29H31Cl2NO4/c1-19(2)12-26(29(34)36-18-20-8-5-4-6-9-20)32-27(28(33)35-3)14-21-10-7-11-22(13-21)23-15-24(30)17-25(31)16-23/h4-11,13,15-17,19,26-27,32H,12,14,18H2,1-3H3/t26-,27?/m0/s1. The highest BCUT2D eigenvalue weighted by atomic mass is 35.5. The van der Waals surface area contributed by atoms with Gasteiger partial charge in [-0.25, -0.2) is 0 Å². The number of hydrogen-bond donors (Lipinski definition) is 1. The second-order valence-corrected chi connectivity index (χ2v) is 9.95. The summed E-state index contributed by atoms with van der Waals surface area (Å²) in [7, 11) is 1.34. The van der Waals surface area contributed by atoms with Gasteiger partial charge in [-0.15, -0.1) is 0 Å². The molecule has 3 aromatic rings. The number of rotatable bonds is 11. The normalized spacial score (nSPS) is 12.7. The minimum Gasteiger partial charge on any atom is -0.468 e. The Balaban J connectivity index is 1.78. The molecule has 0 aliphatic rings. The molecule has 0 aliphatic heterocycles. The monoisotopic (exact) mass is 527 g/mol. The molecule has 2 atom stereocenters. The number of nitrogens with one attached hydrogen (secondary N) is 1. The fourth-order valence-electron chi connectivity index (χ4n) is 3.96. The van der Waals surface area contributed by atoms with Gasteiger partial charge in [-0.2, -0.15) is 0 Å². The highest BCUT2D eigenvalue weighted by molar-refractivity contribution is 6.35. The van der Waals surface area contributed by atoms with E-state index in [0.29, 0.717) is 22.9 Å². The Morgan fingerprint density at radius 1 is 0.806 bits per heavy atom. The number of carbonyl (C=O) groups excluding carboxylic acids is 2. The number of methoxy groups -OCH3 is 1. The minimum absolute atomic E-state index is 0.170. The maximum atomic E-state index is 13.0. The second kappa shape index (κ2) is 13.4. The molecule has 0 saturated carbocycles. The van der Waals surface area contributed by atoms with E-state index in [9.17, 15) is 9.59 Å². The van der Waals surface area contributed by atoms with Crippen LogP contribution in [0.25, 0.3) is 11.1 Å². The van der Waals surface area contributed by atoms with Gasteiger partial charge in [-0.05, 0) is 59.2 Å². The van der Waals surface area contributed by atoms with Crippen LogP contribution in [0.3, 0.4) is 0 Å². The molecule has 0 aliphatic carbocycles. The Hall–Kier alpha value is -2.86. The number of carbonyl (C=O) groups is 2. The van der Waals surface area contributed by atoms with Crippen LogP contribution in [0.5, 0.6) is 0 Å². The maximum absolute atomic E-state index is 13.0. The predicted molar refractivity (Wildman–Crippen MR) is 144 cm³/mol. The van der Waals surface area contributed by atoms with Gasteiger partial charge < -0.3 is 9.47 Å². The first-order chi connectivity index (χ1) is 17.2. The first-order valence-corrected chi connectivity index (χ1v) is 12.6. The summed E-state index contributed by atoms with van der Waals surface area (Å²) in [6.07, 6.45) is 0.845. The largest absolute Gasteiger partial charge is 0.468 e. The topological polar surface area (TPSA) is 64.6 Å². The highest BCUT2D eigenvalue weighted by Gasteiger charge is 2.29. The number of halogens is 2. The predicted octanol–water partition coefficient (Wildman–Crippen LogP) is 6.49. The van der Waals surface area contributed by atoms with E-state index in [2.05, 4.69) is 5.32 Å². The van der Waals surface area contributed by atoms with Gasteiger partial charge in [0.05, 0.1) is 7.11 Å². The Kier molecular flexibility index (Phi) is 10.4. The minimum atomic E-state index is -0.735. The van der Waals surface area contributed by atoms with Gasteiger partial charge in [-0.1, -0.05) is 91.6 Å². The summed E-state index contributed by atoms with van der Waals surface area (Å²) in [5, 5.41) is 4.29. The van der Waals surface area contributed by atoms with E-state index in [1.54, 1.807) is 6.07 Å². The molecule has 3 aromatic carbocycles. The Labute approximate surface area is 222 Å². The molecule has 0 amide bonds. The van der Waals surface area contributed by atoms with Gasteiger partial charge in [0, 0.05) is 10.0 Å². The van der Waals surface area contributed by atoms with Crippen LogP contribution in [0, 0.1) is 5.92 Å². The lowest BCUT2D eigenvalue weighted by Gasteiger charge is -2.24. The summed E-state index contributed by atoms with van der Waals surface area (Å²) in [5.41, 5.74) is 3.59. The molecule has 0 spiro atoms. The molecular formula is C29H31Cl2NO4. The highest BCUT2D eigenvalue weighted by Crippen LogP contribution is 2.28. The van der Waals surface area contributed by atoms with E-state index in [0.717, 1.165) is 22.3 Å². The molecular weight excluding hydrogens is 497 g/mol. The van der Waals surface area contributed by atoms with Gasteiger partial charge in [0.15, 0.2) is 0 Å². The van der Waals surface area contributed by atoms with E-state index < -0.39 is 24.0 Å². The van der Waals surface area contributed by atoms with Crippen molar-refractivity contribution in [2.45, 2.75) is 45.4 Å². The van der Waals surface area contributed by atoms with Crippen molar-refractivity contribution in [2.24, 2.45) is 5.92 Å². The van der Waals surface area contributed by atoms with Crippen LogP contribution in [0.2, 0.25) is 10.0 Å². The molecule has 0 saturated heterocycles. The first-order valence-electron chi connectivity index (χ1n) is 11.8. The molecule has 36 heavy (non-hydrogen) atoms. The van der Waals surface area contributed by atoms with Crippen LogP contribution in [-0.4, -0.2) is 31.1 Å². The molecule has 0 aromatic heterocycles. The molecule has 0 radical (unpaired) electrons. The average Bonchev–Trinajstić information content (AvgIpc) is 2.86. The van der Waals surface area contributed by atoms with E-state index in [4.69, 9.17) is 32.7 Å². The van der Waals surface area contributed by atoms with Gasteiger partial charge >= 0.3 is 11.9 Å². The molecule has 1 N–H and O–H groups in total. The third kappa shape index (κ3) is 8.37. The maximum Gasteiger partial charge on any atom is 0.323 e. The third-order valence-electron chi connectivity index (χ3n) is 5.67. The first kappa shape index (κ1) is 27.7. The summed E-state index contributed by atoms with van der Waals surface area (Å²) < 4.78 is 10.6. The second-order valence-electron chi connectivity index (χ2n) is 9.08. The van der Waals surface area contributed by atoms with Crippen molar-refractivity contribution in [1.82, 2.24) is 5.32 Å². The van der Waals surface area contributed by atoms with E-state index in [-0.39, 0.29) is 12.5 Å². The van der Waals surface area contributed by atoms with Crippen molar-refractivity contribution in [3.05, 3.63) is 94.0 Å². The lowest BCUT2D eigenvalue weighted by molar-refractivity contribution is -0.149. The summed E-state index contributed by atoms with van der Waals surface area (Å²) in [6, 6.07) is 21.2. The zero-order valence-electron chi connectivity index (χ0n) is 20.7. The molecule has 1 unspecified atom stereocenters. The zero-order chi connectivity index (χ0) is 26.1. The van der Waals surface area contributed by atoms with Crippen LogP contribution in [-0.2, 0) is 32.1 Å². The SMILES string of the molecule is COC(=O)C(Cc1cccc(-c2cc(Cl)cc(Cl)c2)c1)N[C@@H](CC(C)C)C(=O)OCc1ccccc1. The summed E-state index contributed by atoms with van der Waals surface area (Å²) >= 11 is 12.4. The average molecular weight is 528 g/mol. The van der Waals surface area contributed by atoms with Crippen molar-refractivity contribution >= 4 is 35.1 Å². The quantitative estimate of drug-likeness (QED) is 0.288. The summed E-state index contributed by atoms with van der Waals surface area (Å²) in [4.78, 5) is 25.7. The van der Waals surface area contributed by atoms with Crippen molar-refractivity contribution in [2.75, 3.05) is 7.11 Å². The van der Waals surface area contributed by atoms with Crippen LogP contribution >= 0.6 is 23.2 Å². The number of benzene rings is 3. The molecule has 5 nitrogen and oxygen atoms in total. The molecule has 7 heteroatoms. The van der Waals surface area contributed by atoms with E-state index in [1.807, 2.05) is 80.6 Å². The van der Waals surface area contributed by atoms with E-state index >= 15 is 0 Å². The van der Waals surface area contributed by atoms with Gasteiger partial charge in [-0.3, -0.25) is 14.9 Å². The zero-order valence-corrected chi connectivity index (χ0v) is 22.2. The molecule has 0 bridgehead atoms. The smallest absolute Gasteiger partial charge is 0.323 e. The fraction of sp³-hybridized carbons (Fsp3) is 0.310. The van der Waals surface area contributed by atoms with Gasteiger partial charge in [0.2, 0.25) is 0 Å². The van der Waals surface area contributed by atoms with E-state index in [1.165, 1.54) is 7.11 Å². The lowest BCUT2D eigenvalue weighted by atomic mass is 9.98. The molecule has 0 fully saturated rings. The third-order valence-corrected chi connectivity index (χ3v) is 6.10. The molecule has 3 rings (SSSR count). The lowest BCUT2D eigenvalue weighted by Crippen LogP contribution is -2.49. The van der Waals surface area contributed by atoms with Gasteiger partial charge in [0.1, 0.15) is 18.7 Å². The number of esters is 2. The van der Waals surface area contributed by atoms with Crippen LogP contribution in [0.15, 0.2) is 72.8 Å². The Bertz CT molecular complexity index is 1150. The van der Waals surface area contributed by atoms with Crippen molar-refractivity contribution < 1.29 is 19.1 Å². The van der Waals surface area contributed by atoms with Crippen molar-refractivity contribution in [3.8, 4) is 11.1 Å². The van der Waals surface area contributed by atoms with Gasteiger partial charge in [0.25, 0.3) is 0 Å². The summed E-state index contributed by atoms with van der Waals surface area (Å²) in [5.74, 6) is -0.638. The van der Waals surface area contributed by atoms with Crippen molar-refractivity contribution in [3.63, 3.8) is 0 Å². The van der Waals surface area contributed by atoms with Crippen LogP contribution in [0.1, 0.15) is 31.4 Å². The molecule has 190 valence electrons. The number of ether oxygens (including phenoxy) is 2. The van der Waals surface area contributed by atoms with Crippen LogP contribution < -0.4 is 5.32 Å². The molecule has 0 heterocycles. The number of hydrogen-bond acceptors (Lipinski definition) is 5. The Morgan fingerprint density at radius 2 is 1.47 bits per heavy atom. The van der Waals surface area contributed by atoms with Crippen LogP contribution in [0.4, 0.5) is 0 Å². The van der Waals surface area contributed by atoms with Crippen molar-refractivity contribution in [1.29, 1.82) is 0 Å². The fourth-order valence-corrected chi connectivity index (χ4v) is 4.49.